The number of nitrogens with one attached hydrogen (secondary N) is 1. The SMILES string of the molecule is Cc1cccc(C(=O)NCCOc2ccc(S(=O)(=O)N3CCCC3)cc2)c1. The molecule has 7 heteroatoms. The number of amides is 1. The Bertz CT molecular complexity index is 888. The Morgan fingerprint density at radius 3 is 2.48 bits per heavy atom. The molecular formula is C20H24N2O4S. The number of benzene rings is 2. The molecule has 1 amide bonds. The number of aryl methyl sites for hydroxylation is 1. The molecule has 144 valence electrons. The van der Waals surface area contributed by atoms with Gasteiger partial charge < -0.3 is 10.1 Å². The fraction of sp³-hybridized carbons (Fsp3) is 0.350. The van der Waals surface area contributed by atoms with Crippen molar-refractivity contribution in [3.05, 3.63) is 59.7 Å². The Labute approximate surface area is 160 Å². The molecule has 0 radical (unpaired) electrons. The van der Waals surface area contributed by atoms with Crippen LogP contribution >= 0.6 is 0 Å². The van der Waals surface area contributed by atoms with Gasteiger partial charge in [-0.2, -0.15) is 4.31 Å². The predicted molar refractivity (Wildman–Crippen MR) is 103 cm³/mol. The first-order valence-corrected chi connectivity index (χ1v) is 10.5. The quantitative estimate of drug-likeness (QED) is 0.740. The summed E-state index contributed by atoms with van der Waals surface area (Å²) in [6.07, 6.45) is 1.82. The molecule has 1 saturated heterocycles. The minimum absolute atomic E-state index is 0.144. The maximum Gasteiger partial charge on any atom is 0.251 e. The molecule has 1 aliphatic heterocycles. The molecule has 2 aromatic carbocycles. The Morgan fingerprint density at radius 2 is 1.81 bits per heavy atom. The minimum Gasteiger partial charge on any atom is -0.492 e. The number of rotatable bonds is 7. The standard InChI is InChI=1S/C20H24N2O4S/c1-16-5-4-6-17(15-16)20(23)21-11-14-26-18-7-9-19(10-8-18)27(24,25)22-12-2-3-13-22/h4-10,15H,2-3,11-14H2,1H3,(H,21,23). The zero-order valence-corrected chi connectivity index (χ0v) is 16.2. The number of nitrogens with zero attached hydrogens (tertiary/aromatic N) is 1. The number of carbonyl (C=O) groups is 1. The lowest BCUT2D eigenvalue weighted by molar-refractivity contribution is 0.0947. The van der Waals surface area contributed by atoms with Gasteiger partial charge in [-0.1, -0.05) is 17.7 Å². The van der Waals surface area contributed by atoms with Gasteiger partial charge in [0, 0.05) is 18.7 Å². The second-order valence-corrected chi connectivity index (χ2v) is 8.49. The molecule has 0 atom stereocenters. The Balaban J connectivity index is 1.48. The van der Waals surface area contributed by atoms with E-state index in [2.05, 4.69) is 5.32 Å². The topological polar surface area (TPSA) is 75.7 Å². The fourth-order valence-corrected chi connectivity index (χ4v) is 4.52. The highest BCUT2D eigenvalue weighted by molar-refractivity contribution is 7.89. The minimum atomic E-state index is -3.41. The van der Waals surface area contributed by atoms with Crippen LogP contribution in [0.1, 0.15) is 28.8 Å². The van der Waals surface area contributed by atoms with Crippen LogP contribution < -0.4 is 10.1 Å². The molecule has 0 unspecified atom stereocenters. The largest absolute Gasteiger partial charge is 0.492 e. The van der Waals surface area contributed by atoms with Crippen LogP contribution in [0.4, 0.5) is 0 Å². The van der Waals surface area contributed by atoms with Crippen LogP contribution in [0.2, 0.25) is 0 Å². The van der Waals surface area contributed by atoms with Gasteiger partial charge in [-0.05, 0) is 56.2 Å². The highest BCUT2D eigenvalue weighted by atomic mass is 32.2. The first-order chi connectivity index (χ1) is 13.0. The third-order valence-corrected chi connectivity index (χ3v) is 6.38. The fourth-order valence-electron chi connectivity index (χ4n) is 3.01. The van der Waals surface area contributed by atoms with Gasteiger partial charge in [0.2, 0.25) is 10.0 Å². The summed E-state index contributed by atoms with van der Waals surface area (Å²) < 4.78 is 32.1. The zero-order valence-electron chi connectivity index (χ0n) is 15.3. The van der Waals surface area contributed by atoms with Crippen LogP contribution in [0, 0.1) is 6.92 Å². The van der Waals surface area contributed by atoms with Gasteiger partial charge in [0.25, 0.3) is 5.91 Å². The van der Waals surface area contributed by atoms with Gasteiger partial charge in [-0.3, -0.25) is 4.79 Å². The highest BCUT2D eigenvalue weighted by Crippen LogP contribution is 2.22. The molecule has 0 aliphatic carbocycles. The molecule has 0 spiro atoms. The average Bonchev–Trinajstić information content (AvgIpc) is 3.21. The molecule has 3 rings (SSSR count). The van der Waals surface area contributed by atoms with Crippen LogP contribution in [0.3, 0.4) is 0 Å². The smallest absolute Gasteiger partial charge is 0.251 e. The van der Waals surface area contributed by atoms with Gasteiger partial charge in [0.1, 0.15) is 12.4 Å². The summed E-state index contributed by atoms with van der Waals surface area (Å²) in [5.41, 5.74) is 1.65. The molecule has 1 heterocycles. The lowest BCUT2D eigenvalue weighted by Crippen LogP contribution is -2.28. The lowest BCUT2D eigenvalue weighted by Gasteiger charge is -2.15. The highest BCUT2D eigenvalue weighted by Gasteiger charge is 2.26. The normalized spacial score (nSPS) is 14.9. The van der Waals surface area contributed by atoms with Crippen molar-refractivity contribution in [2.45, 2.75) is 24.7 Å². The van der Waals surface area contributed by atoms with E-state index in [4.69, 9.17) is 4.74 Å². The molecule has 27 heavy (non-hydrogen) atoms. The Morgan fingerprint density at radius 1 is 1.11 bits per heavy atom. The van der Waals surface area contributed by atoms with Gasteiger partial charge >= 0.3 is 0 Å². The average molecular weight is 388 g/mol. The van der Waals surface area contributed by atoms with Crippen LogP contribution in [-0.4, -0.2) is 44.9 Å². The van der Waals surface area contributed by atoms with E-state index in [1.54, 1.807) is 30.3 Å². The van der Waals surface area contributed by atoms with Crippen molar-refractivity contribution in [2.24, 2.45) is 0 Å². The number of hydrogen-bond acceptors (Lipinski definition) is 4. The van der Waals surface area contributed by atoms with Gasteiger partial charge in [0.05, 0.1) is 11.4 Å². The van der Waals surface area contributed by atoms with E-state index in [0.29, 0.717) is 37.6 Å². The van der Waals surface area contributed by atoms with Crippen molar-refractivity contribution >= 4 is 15.9 Å². The van der Waals surface area contributed by atoms with Crippen molar-refractivity contribution < 1.29 is 17.9 Å². The summed E-state index contributed by atoms with van der Waals surface area (Å²) in [4.78, 5) is 12.3. The summed E-state index contributed by atoms with van der Waals surface area (Å²) in [5.74, 6) is 0.425. The summed E-state index contributed by atoms with van der Waals surface area (Å²) in [5, 5.41) is 2.80. The molecule has 0 bridgehead atoms. The van der Waals surface area contributed by atoms with Crippen molar-refractivity contribution in [1.29, 1.82) is 0 Å². The van der Waals surface area contributed by atoms with Gasteiger partial charge in [-0.25, -0.2) is 8.42 Å². The molecule has 1 aliphatic rings. The maximum absolute atomic E-state index is 12.5. The van der Waals surface area contributed by atoms with E-state index in [-0.39, 0.29) is 10.8 Å². The van der Waals surface area contributed by atoms with Crippen LogP contribution in [0.25, 0.3) is 0 Å². The second-order valence-electron chi connectivity index (χ2n) is 6.56. The summed E-state index contributed by atoms with van der Waals surface area (Å²) >= 11 is 0. The van der Waals surface area contributed by atoms with E-state index in [9.17, 15) is 13.2 Å². The lowest BCUT2D eigenvalue weighted by atomic mass is 10.1. The second kappa shape index (κ2) is 8.54. The monoisotopic (exact) mass is 388 g/mol. The maximum atomic E-state index is 12.5. The summed E-state index contributed by atoms with van der Waals surface area (Å²) in [6.45, 7) is 3.77. The van der Waals surface area contributed by atoms with E-state index in [1.807, 2.05) is 25.1 Å². The van der Waals surface area contributed by atoms with E-state index in [0.717, 1.165) is 18.4 Å². The number of sulfonamides is 1. The van der Waals surface area contributed by atoms with Crippen molar-refractivity contribution in [3.8, 4) is 5.75 Å². The van der Waals surface area contributed by atoms with Gasteiger partial charge in [-0.15, -0.1) is 0 Å². The van der Waals surface area contributed by atoms with Crippen molar-refractivity contribution in [2.75, 3.05) is 26.2 Å². The van der Waals surface area contributed by atoms with Gasteiger partial charge in [0.15, 0.2) is 0 Å². The van der Waals surface area contributed by atoms with Crippen molar-refractivity contribution in [3.63, 3.8) is 0 Å². The third-order valence-electron chi connectivity index (χ3n) is 4.46. The first kappa shape index (κ1) is 19.4. The predicted octanol–water partition coefficient (Wildman–Crippen LogP) is 2.59. The summed E-state index contributed by atoms with van der Waals surface area (Å²) in [7, 11) is -3.41. The van der Waals surface area contributed by atoms with E-state index in [1.165, 1.54) is 4.31 Å². The van der Waals surface area contributed by atoms with E-state index < -0.39 is 10.0 Å². The van der Waals surface area contributed by atoms with E-state index >= 15 is 0 Å². The molecule has 0 saturated carbocycles. The molecule has 6 nitrogen and oxygen atoms in total. The molecule has 0 aromatic heterocycles. The molecular weight excluding hydrogens is 364 g/mol. The Hall–Kier alpha value is -2.38. The van der Waals surface area contributed by atoms with Crippen LogP contribution in [0.5, 0.6) is 5.75 Å². The Kier molecular flexibility index (Phi) is 6.13. The van der Waals surface area contributed by atoms with Crippen molar-refractivity contribution in [1.82, 2.24) is 9.62 Å². The first-order valence-electron chi connectivity index (χ1n) is 9.05. The zero-order chi connectivity index (χ0) is 19.3. The molecule has 1 fully saturated rings. The molecule has 2 aromatic rings. The van der Waals surface area contributed by atoms with Crippen LogP contribution in [-0.2, 0) is 10.0 Å². The third kappa shape index (κ3) is 4.87. The number of hydrogen-bond donors (Lipinski definition) is 1. The van der Waals surface area contributed by atoms with Crippen LogP contribution in [0.15, 0.2) is 53.4 Å². The number of ether oxygens (including phenoxy) is 1. The number of carbonyl (C=O) groups excluding carboxylic acids is 1. The summed E-state index contributed by atoms with van der Waals surface area (Å²) in [6, 6.07) is 13.8. The molecule has 1 N–H and O–H groups in total.